The lowest BCUT2D eigenvalue weighted by atomic mass is 9.81. The molecule has 0 radical (unpaired) electrons. The number of nitrogens with one attached hydrogen (secondary N) is 1. The largest absolute Gasteiger partial charge is 0.344 e. The maximum absolute atomic E-state index is 12.6. The number of carbonyl (C=O) groups is 2. The smallest absolute Gasteiger partial charge is 0.251 e. The van der Waals surface area contributed by atoms with Crippen molar-refractivity contribution in [3.63, 3.8) is 0 Å². The molecule has 0 aliphatic carbocycles. The van der Waals surface area contributed by atoms with Gasteiger partial charge in [-0.2, -0.15) is 0 Å². The summed E-state index contributed by atoms with van der Waals surface area (Å²) in [5, 5.41) is 3.05. The van der Waals surface area contributed by atoms with E-state index >= 15 is 0 Å². The molecule has 3 heteroatoms. The van der Waals surface area contributed by atoms with Crippen LogP contribution in [0.1, 0.15) is 42.7 Å². The Bertz CT molecular complexity index is 650. The third-order valence-electron chi connectivity index (χ3n) is 4.03. The summed E-state index contributed by atoms with van der Waals surface area (Å²) < 4.78 is 0. The molecule has 2 rings (SSSR count). The average Bonchev–Trinajstić information content (AvgIpc) is 2.55. The monoisotopic (exact) mass is 309 g/mol. The van der Waals surface area contributed by atoms with Gasteiger partial charge in [0.2, 0.25) is 0 Å². The highest BCUT2D eigenvalue weighted by Crippen LogP contribution is 2.29. The maximum atomic E-state index is 12.6. The van der Waals surface area contributed by atoms with Gasteiger partial charge in [-0.15, -0.1) is 0 Å². The minimum Gasteiger partial charge on any atom is -0.344 e. The van der Waals surface area contributed by atoms with Gasteiger partial charge in [-0.25, -0.2) is 0 Å². The van der Waals surface area contributed by atoms with Crippen LogP contribution in [-0.4, -0.2) is 11.7 Å². The number of rotatable bonds is 6. The first-order chi connectivity index (χ1) is 11.0. The molecule has 1 N–H and O–H groups in total. The van der Waals surface area contributed by atoms with Gasteiger partial charge in [0.15, 0.2) is 0 Å². The minimum atomic E-state index is -0.332. The van der Waals surface area contributed by atoms with E-state index in [2.05, 4.69) is 5.32 Å². The summed E-state index contributed by atoms with van der Waals surface area (Å²) in [6, 6.07) is 18.4. The van der Waals surface area contributed by atoms with Crippen molar-refractivity contribution >= 4 is 11.7 Å². The maximum Gasteiger partial charge on any atom is 0.251 e. The van der Waals surface area contributed by atoms with Crippen LogP contribution in [0.4, 0.5) is 0 Å². The van der Waals surface area contributed by atoms with E-state index in [-0.39, 0.29) is 29.6 Å². The predicted octanol–water partition coefficient (Wildman–Crippen LogP) is 4.02. The van der Waals surface area contributed by atoms with Gasteiger partial charge in [0.25, 0.3) is 5.91 Å². The Kier molecular flexibility index (Phi) is 5.69. The normalized spacial score (nSPS) is 13.4. The summed E-state index contributed by atoms with van der Waals surface area (Å²) in [7, 11) is 0. The second kappa shape index (κ2) is 7.73. The molecule has 23 heavy (non-hydrogen) atoms. The molecule has 0 heterocycles. The Morgan fingerprint density at radius 2 is 1.39 bits per heavy atom. The Morgan fingerprint density at radius 1 is 0.870 bits per heavy atom. The van der Waals surface area contributed by atoms with Gasteiger partial charge < -0.3 is 5.32 Å². The summed E-state index contributed by atoms with van der Waals surface area (Å²) in [5.74, 6) is -0.201. The topological polar surface area (TPSA) is 46.2 Å². The molecule has 2 aromatic rings. The highest BCUT2D eigenvalue weighted by atomic mass is 16.2. The van der Waals surface area contributed by atoms with Crippen LogP contribution in [0.15, 0.2) is 60.7 Å². The standard InChI is InChI=1S/C20H23NO2/c1-14(2)18(15(3)22)19(16-10-6-4-7-11-16)21-20(23)17-12-8-5-9-13-17/h4-14,18-19H,1-3H3,(H,21,23)/t18-,19-/m0/s1. The summed E-state index contributed by atoms with van der Waals surface area (Å²) in [4.78, 5) is 24.7. The number of benzene rings is 2. The van der Waals surface area contributed by atoms with Crippen LogP contribution in [-0.2, 0) is 4.79 Å². The Labute approximate surface area is 137 Å². The lowest BCUT2D eigenvalue weighted by molar-refractivity contribution is -0.123. The highest BCUT2D eigenvalue weighted by Gasteiger charge is 2.31. The molecule has 1 amide bonds. The second-order valence-corrected chi connectivity index (χ2v) is 6.11. The van der Waals surface area contributed by atoms with Crippen LogP contribution in [0, 0.1) is 11.8 Å². The summed E-state index contributed by atoms with van der Waals surface area (Å²) in [6.07, 6.45) is 0. The van der Waals surface area contributed by atoms with E-state index in [0.29, 0.717) is 5.56 Å². The fourth-order valence-electron chi connectivity index (χ4n) is 2.94. The SMILES string of the molecule is CC(=O)[C@H](C(C)C)[C@@H](NC(=O)c1ccccc1)c1ccccc1. The molecule has 0 saturated heterocycles. The third-order valence-corrected chi connectivity index (χ3v) is 4.03. The molecule has 0 aliphatic rings. The Hall–Kier alpha value is -2.42. The van der Waals surface area contributed by atoms with E-state index in [9.17, 15) is 9.59 Å². The fourth-order valence-corrected chi connectivity index (χ4v) is 2.94. The van der Waals surface area contributed by atoms with Crippen LogP contribution >= 0.6 is 0 Å². The average molecular weight is 309 g/mol. The van der Waals surface area contributed by atoms with Crippen molar-refractivity contribution in [2.24, 2.45) is 11.8 Å². The van der Waals surface area contributed by atoms with Gasteiger partial charge in [0, 0.05) is 11.5 Å². The van der Waals surface area contributed by atoms with Gasteiger partial charge in [0.1, 0.15) is 5.78 Å². The third kappa shape index (κ3) is 4.28. The predicted molar refractivity (Wildman–Crippen MR) is 92.1 cm³/mol. The summed E-state index contributed by atoms with van der Waals surface area (Å²) >= 11 is 0. The zero-order valence-electron chi connectivity index (χ0n) is 13.8. The van der Waals surface area contributed by atoms with Crippen molar-refractivity contribution in [3.05, 3.63) is 71.8 Å². The number of carbonyl (C=O) groups excluding carboxylic acids is 2. The van der Waals surface area contributed by atoms with E-state index < -0.39 is 0 Å². The summed E-state index contributed by atoms with van der Waals surface area (Å²) in [5.41, 5.74) is 1.55. The molecule has 0 aliphatic heterocycles. The van der Waals surface area contributed by atoms with Crippen LogP contribution in [0.2, 0.25) is 0 Å². The first-order valence-corrected chi connectivity index (χ1v) is 7.92. The van der Waals surface area contributed by atoms with Crippen molar-refractivity contribution in [1.29, 1.82) is 0 Å². The zero-order valence-corrected chi connectivity index (χ0v) is 13.8. The molecule has 0 unspecified atom stereocenters. The van der Waals surface area contributed by atoms with Crippen molar-refractivity contribution < 1.29 is 9.59 Å². The van der Waals surface area contributed by atoms with Gasteiger partial charge in [0.05, 0.1) is 6.04 Å². The Morgan fingerprint density at radius 3 is 1.87 bits per heavy atom. The fraction of sp³-hybridized carbons (Fsp3) is 0.300. The molecular weight excluding hydrogens is 286 g/mol. The van der Waals surface area contributed by atoms with Crippen LogP contribution in [0.25, 0.3) is 0 Å². The molecule has 0 spiro atoms. The lowest BCUT2D eigenvalue weighted by Crippen LogP contribution is -2.38. The molecular formula is C20H23NO2. The second-order valence-electron chi connectivity index (χ2n) is 6.11. The molecule has 2 atom stereocenters. The van der Waals surface area contributed by atoms with Crippen LogP contribution in [0.3, 0.4) is 0 Å². The highest BCUT2D eigenvalue weighted by molar-refractivity contribution is 5.95. The van der Waals surface area contributed by atoms with Gasteiger partial charge in [-0.1, -0.05) is 62.4 Å². The molecule has 2 aromatic carbocycles. The van der Waals surface area contributed by atoms with E-state index in [0.717, 1.165) is 5.56 Å². The number of hydrogen-bond acceptors (Lipinski definition) is 2. The number of hydrogen-bond donors (Lipinski definition) is 1. The van der Waals surface area contributed by atoms with Gasteiger partial charge >= 0.3 is 0 Å². The van der Waals surface area contributed by atoms with Crippen molar-refractivity contribution in [3.8, 4) is 0 Å². The van der Waals surface area contributed by atoms with E-state index in [4.69, 9.17) is 0 Å². The van der Waals surface area contributed by atoms with E-state index in [1.54, 1.807) is 19.1 Å². The molecule has 3 nitrogen and oxygen atoms in total. The quantitative estimate of drug-likeness (QED) is 0.876. The molecule has 0 bridgehead atoms. The van der Waals surface area contributed by atoms with Gasteiger partial charge in [-0.3, -0.25) is 9.59 Å². The first-order valence-electron chi connectivity index (χ1n) is 7.92. The molecule has 0 aromatic heterocycles. The lowest BCUT2D eigenvalue weighted by Gasteiger charge is -2.29. The van der Waals surface area contributed by atoms with Crippen LogP contribution in [0.5, 0.6) is 0 Å². The van der Waals surface area contributed by atoms with Crippen molar-refractivity contribution in [1.82, 2.24) is 5.32 Å². The molecule has 0 fully saturated rings. The first kappa shape index (κ1) is 16.9. The molecule has 0 saturated carbocycles. The molecule has 120 valence electrons. The number of Topliss-reactive ketones (excluding diaryl/α,β-unsaturated/α-hetero) is 1. The van der Waals surface area contributed by atoms with E-state index in [1.165, 1.54) is 0 Å². The van der Waals surface area contributed by atoms with Crippen LogP contribution < -0.4 is 5.32 Å². The van der Waals surface area contributed by atoms with E-state index in [1.807, 2.05) is 62.4 Å². The van der Waals surface area contributed by atoms with Crippen molar-refractivity contribution in [2.45, 2.75) is 26.8 Å². The number of ketones is 1. The Balaban J connectivity index is 2.34. The van der Waals surface area contributed by atoms with Gasteiger partial charge in [-0.05, 0) is 30.5 Å². The zero-order chi connectivity index (χ0) is 16.8. The summed E-state index contributed by atoms with van der Waals surface area (Å²) in [6.45, 7) is 5.61. The number of amides is 1. The van der Waals surface area contributed by atoms with Crippen molar-refractivity contribution in [2.75, 3.05) is 0 Å². The minimum absolute atomic E-state index is 0.0854.